The smallest absolute Gasteiger partial charge is 0.207 e. The maximum absolute atomic E-state index is 10.6. The third kappa shape index (κ3) is 7.44. The summed E-state index contributed by atoms with van der Waals surface area (Å²) in [6.07, 6.45) is 8.22. The third-order valence-corrected chi connectivity index (χ3v) is 4.89. The number of rotatable bonds is 14. The fraction of sp³-hybridized carbons (Fsp3) is 0.450. The van der Waals surface area contributed by atoms with Crippen molar-refractivity contribution in [3.8, 4) is 5.75 Å². The fourth-order valence-corrected chi connectivity index (χ4v) is 3.26. The first-order chi connectivity index (χ1) is 12.7. The number of nitrogens with zero attached hydrogens (tertiary/aromatic N) is 1. The first-order valence-electron chi connectivity index (χ1n) is 8.76. The molecule has 1 aromatic rings. The van der Waals surface area contributed by atoms with Gasteiger partial charge in [-0.3, -0.25) is 9.79 Å². The minimum atomic E-state index is 0.426. The normalized spacial score (nSPS) is 11.5. The second kappa shape index (κ2) is 13.2. The summed E-state index contributed by atoms with van der Waals surface area (Å²) in [5.41, 5.74) is 2.84. The van der Waals surface area contributed by atoms with Crippen LogP contribution in [0.5, 0.6) is 5.75 Å². The van der Waals surface area contributed by atoms with E-state index in [4.69, 9.17) is 4.74 Å². The van der Waals surface area contributed by atoms with Crippen LogP contribution in [0.1, 0.15) is 50.2 Å². The van der Waals surface area contributed by atoms with Crippen molar-refractivity contribution in [3.05, 3.63) is 35.0 Å². The van der Waals surface area contributed by atoms with E-state index in [1.54, 1.807) is 11.8 Å². The Morgan fingerprint density at radius 3 is 2.69 bits per heavy atom. The number of carbonyl (C=O) groups is 2. The Morgan fingerprint density at radius 2 is 2.04 bits per heavy atom. The predicted molar refractivity (Wildman–Crippen MR) is 110 cm³/mol. The minimum Gasteiger partial charge on any atom is -0.493 e. The summed E-state index contributed by atoms with van der Waals surface area (Å²) in [4.78, 5) is 26.0. The van der Waals surface area contributed by atoms with Gasteiger partial charge in [0.15, 0.2) is 0 Å². The molecule has 0 unspecified atom stereocenters. The van der Waals surface area contributed by atoms with Crippen LogP contribution >= 0.6 is 11.8 Å². The van der Waals surface area contributed by atoms with Crippen LogP contribution in [0.2, 0.25) is 0 Å². The lowest BCUT2D eigenvalue weighted by atomic mass is 10.1. The van der Waals surface area contributed by atoms with Gasteiger partial charge in [0.25, 0.3) is 0 Å². The molecule has 0 atom stereocenters. The lowest BCUT2D eigenvalue weighted by Gasteiger charge is -2.15. The van der Waals surface area contributed by atoms with E-state index in [0.717, 1.165) is 59.4 Å². The summed E-state index contributed by atoms with van der Waals surface area (Å²) >= 11 is 1.62. The van der Waals surface area contributed by atoms with E-state index in [-0.39, 0.29) is 0 Å². The highest BCUT2D eigenvalue weighted by molar-refractivity contribution is 8.07. The van der Waals surface area contributed by atoms with E-state index in [1.807, 2.05) is 31.4 Å². The van der Waals surface area contributed by atoms with Crippen LogP contribution in [0.25, 0.3) is 4.91 Å². The first-order valence-corrected chi connectivity index (χ1v) is 9.98. The van der Waals surface area contributed by atoms with Crippen LogP contribution in [0.4, 0.5) is 0 Å². The average molecular weight is 377 g/mol. The molecule has 5 nitrogen and oxygen atoms in total. The predicted octanol–water partition coefficient (Wildman–Crippen LogP) is 4.21. The number of allylic oxidation sites excluding steroid dienone is 1. The topological polar surface area (TPSA) is 67.8 Å². The van der Waals surface area contributed by atoms with Crippen molar-refractivity contribution in [2.24, 2.45) is 4.99 Å². The molecule has 0 fully saturated rings. The molecule has 0 spiro atoms. The summed E-state index contributed by atoms with van der Waals surface area (Å²) in [6, 6.07) is 5.97. The first kappa shape index (κ1) is 22.0. The van der Waals surface area contributed by atoms with Gasteiger partial charge in [0, 0.05) is 23.4 Å². The van der Waals surface area contributed by atoms with Crippen LogP contribution in [0.3, 0.4) is 0 Å². The van der Waals surface area contributed by atoms with Crippen molar-refractivity contribution in [2.45, 2.75) is 45.6 Å². The zero-order valence-corrected chi connectivity index (χ0v) is 16.4. The third-order valence-electron chi connectivity index (χ3n) is 3.95. The Bertz CT molecular complexity index is 629. The molecule has 1 N–H and O–H groups in total. The van der Waals surface area contributed by atoms with Gasteiger partial charge in [-0.25, -0.2) is 0 Å². The van der Waals surface area contributed by atoms with Crippen molar-refractivity contribution in [3.63, 3.8) is 0 Å². The highest BCUT2D eigenvalue weighted by Crippen LogP contribution is 2.33. The van der Waals surface area contributed by atoms with Gasteiger partial charge in [-0.05, 0) is 44.4 Å². The molecule has 0 bridgehead atoms. The van der Waals surface area contributed by atoms with E-state index >= 15 is 0 Å². The lowest BCUT2D eigenvalue weighted by Crippen LogP contribution is -2.11. The molecule has 6 heteroatoms. The Balaban J connectivity index is 2.83. The van der Waals surface area contributed by atoms with Crippen LogP contribution in [0, 0.1) is 0 Å². The Kier molecular flexibility index (Phi) is 11.1. The van der Waals surface area contributed by atoms with Crippen molar-refractivity contribution >= 4 is 36.1 Å². The van der Waals surface area contributed by atoms with Gasteiger partial charge in [0.1, 0.15) is 12.0 Å². The number of hydrogen-bond donors (Lipinski definition) is 1. The molecule has 1 amide bonds. The van der Waals surface area contributed by atoms with E-state index in [2.05, 4.69) is 17.0 Å². The summed E-state index contributed by atoms with van der Waals surface area (Å²) in [5.74, 6) is 0.771. The fourth-order valence-electron chi connectivity index (χ4n) is 2.54. The van der Waals surface area contributed by atoms with Crippen molar-refractivity contribution in [1.29, 1.82) is 0 Å². The highest BCUT2D eigenvalue weighted by Gasteiger charge is 2.10. The molecule has 0 heterocycles. The molecule has 0 aliphatic heterocycles. The molecular formula is C20H28N2O3S. The number of aldehydes is 1. The molecule has 1 rings (SSSR count). The zero-order valence-electron chi connectivity index (χ0n) is 15.6. The summed E-state index contributed by atoms with van der Waals surface area (Å²) in [7, 11) is 0. The summed E-state index contributed by atoms with van der Waals surface area (Å²) in [6.45, 7) is 6.57. The Morgan fingerprint density at radius 1 is 1.27 bits per heavy atom. The number of benzene rings is 1. The van der Waals surface area contributed by atoms with Gasteiger partial charge in [0.05, 0.1) is 12.3 Å². The second-order valence-corrected chi connectivity index (χ2v) is 6.63. The Labute approximate surface area is 160 Å². The second-order valence-electron chi connectivity index (χ2n) is 5.82. The number of hydrogen-bond acceptors (Lipinski definition) is 5. The maximum Gasteiger partial charge on any atom is 0.207 e. The molecule has 142 valence electrons. The van der Waals surface area contributed by atoms with Crippen molar-refractivity contribution in [1.82, 2.24) is 5.32 Å². The van der Waals surface area contributed by atoms with Crippen LogP contribution in [-0.4, -0.2) is 32.3 Å². The molecule has 0 aliphatic rings. The molecule has 26 heavy (non-hydrogen) atoms. The van der Waals surface area contributed by atoms with Gasteiger partial charge in [-0.2, -0.15) is 0 Å². The molecule has 0 saturated heterocycles. The van der Waals surface area contributed by atoms with Crippen LogP contribution < -0.4 is 10.1 Å². The maximum atomic E-state index is 10.6. The van der Waals surface area contributed by atoms with Gasteiger partial charge >= 0.3 is 0 Å². The molecule has 0 aromatic heterocycles. The van der Waals surface area contributed by atoms with E-state index in [9.17, 15) is 9.59 Å². The summed E-state index contributed by atoms with van der Waals surface area (Å²) < 4.78 is 5.99. The molecule has 0 saturated carbocycles. The van der Waals surface area contributed by atoms with E-state index in [1.165, 1.54) is 0 Å². The monoisotopic (exact) mass is 376 g/mol. The van der Waals surface area contributed by atoms with Gasteiger partial charge < -0.3 is 14.8 Å². The standard InChI is InChI=1S/C20H28N2O3S/c1-16(21-2)20(26-3)17-9-10-18(14-22-15-24)19(13-17)25-12-8-6-4-5-7-11-23/h9-11,13,15H,2,4-8,12,14H2,1,3H3,(H,22,24)/b20-16-. The molecule has 0 radical (unpaired) electrons. The SMILES string of the molecule is C=N/C(C)=C(\SC)c1ccc(CNC=O)c(OCCCCCCC=O)c1. The number of amides is 1. The number of thioether (sulfide) groups is 1. The van der Waals surface area contributed by atoms with E-state index in [0.29, 0.717) is 26.0 Å². The van der Waals surface area contributed by atoms with Crippen molar-refractivity contribution in [2.75, 3.05) is 12.9 Å². The number of unbranched alkanes of at least 4 members (excludes halogenated alkanes) is 4. The zero-order chi connectivity index (χ0) is 19.2. The highest BCUT2D eigenvalue weighted by atomic mass is 32.2. The number of aliphatic imine (C=N–C) groups is 1. The Hall–Kier alpha value is -2.08. The summed E-state index contributed by atoms with van der Waals surface area (Å²) in [5, 5.41) is 2.69. The van der Waals surface area contributed by atoms with Crippen LogP contribution in [-0.2, 0) is 16.1 Å². The minimum absolute atomic E-state index is 0.426. The van der Waals surface area contributed by atoms with Crippen molar-refractivity contribution < 1.29 is 14.3 Å². The van der Waals surface area contributed by atoms with Gasteiger partial charge in [0.2, 0.25) is 6.41 Å². The lowest BCUT2D eigenvalue weighted by molar-refractivity contribution is -0.109. The molecule has 1 aromatic carbocycles. The number of nitrogens with one attached hydrogen (secondary N) is 1. The van der Waals surface area contributed by atoms with Gasteiger partial charge in [-0.15, -0.1) is 11.8 Å². The largest absolute Gasteiger partial charge is 0.493 e. The molecule has 0 aliphatic carbocycles. The number of ether oxygens (including phenoxy) is 1. The van der Waals surface area contributed by atoms with Gasteiger partial charge in [-0.1, -0.05) is 25.0 Å². The van der Waals surface area contributed by atoms with E-state index < -0.39 is 0 Å². The number of carbonyl (C=O) groups excluding carboxylic acids is 2. The average Bonchev–Trinajstić information content (AvgIpc) is 2.66. The molecular weight excluding hydrogens is 348 g/mol. The quantitative estimate of drug-likeness (QED) is 0.300. The van der Waals surface area contributed by atoms with Crippen LogP contribution in [0.15, 0.2) is 28.9 Å².